The number of H-pyrrole nitrogens is 1. The highest BCUT2D eigenvalue weighted by Gasteiger charge is 2.48. The first-order valence-corrected chi connectivity index (χ1v) is 6.84. The number of aromatic carboxylic acids is 1. The molecule has 21 heavy (non-hydrogen) atoms. The molecular formula is C16H13N3O2. The third-order valence-corrected chi connectivity index (χ3v) is 4.11. The molecule has 5 heteroatoms. The first-order chi connectivity index (χ1) is 10.2. The van der Waals surface area contributed by atoms with Crippen LogP contribution in [0.1, 0.15) is 34.6 Å². The summed E-state index contributed by atoms with van der Waals surface area (Å²) in [6.45, 7) is 0. The third kappa shape index (κ3) is 1.81. The number of aromatic amines is 1. The van der Waals surface area contributed by atoms with Crippen molar-refractivity contribution in [3.8, 4) is 0 Å². The van der Waals surface area contributed by atoms with Crippen molar-refractivity contribution in [2.45, 2.75) is 18.3 Å². The van der Waals surface area contributed by atoms with Gasteiger partial charge in [-0.15, -0.1) is 0 Å². The minimum absolute atomic E-state index is 0.0641. The molecule has 1 saturated carbocycles. The molecule has 2 N–H and O–H groups in total. The van der Waals surface area contributed by atoms with Crippen LogP contribution in [0.15, 0.2) is 42.6 Å². The lowest BCUT2D eigenvalue weighted by atomic mass is 9.95. The van der Waals surface area contributed by atoms with Gasteiger partial charge in [-0.3, -0.25) is 0 Å². The molecule has 0 aliphatic heterocycles. The topological polar surface area (TPSA) is 78.9 Å². The van der Waals surface area contributed by atoms with Crippen LogP contribution in [0.3, 0.4) is 0 Å². The zero-order valence-electron chi connectivity index (χ0n) is 11.2. The zero-order valence-corrected chi connectivity index (χ0v) is 11.2. The first kappa shape index (κ1) is 12.1. The predicted octanol–water partition coefficient (Wildman–Crippen LogP) is 2.74. The highest BCUT2D eigenvalue weighted by molar-refractivity contribution is 5.90. The highest BCUT2D eigenvalue weighted by atomic mass is 16.4. The summed E-state index contributed by atoms with van der Waals surface area (Å²) in [5.41, 5.74) is 2.58. The van der Waals surface area contributed by atoms with Crippen LogP contribution in [0.4, 0.5) is 0 Å². The van der Waals surface area contributed by atoms with Crippen molar-refractivity contribution in [1.82, 2.24) is 15.0 Å². The summed E-state index contributed by atoms with van der Waals surface area (Å²) in [5, 5.41) is 9.03. The minimum Gasteiger partial charge on any atom is -0.478 e. The molecule has 1 aliphatic carbocycles. The number of nitrogens with one attached hydrogen (secondary N) is 1. The van der Waals surface area contributed by atoms with Gasteiger partial charge in [0.2, 0.25) is 0 Å². The highest BCUT2D eigenvalue weighted by Crippen LogP contribution is 2.52. The predicted molar refractivity (Wildman–Crippen MR) is 77.3 cm³/mol. The Morgan fingerprint density at radius 1 is 1.24 bits per heavy atom. The molecule has 1 fully saturated rings. The SMILES string of the molecule is O=C(O)c1cnc2nc(C3(c4ccccc4)CC3)[nH]c2c1. The second-order valence-corrected chi connectivity index (χ2v) is 5.43. The van der Waals surface area contributed by atoms with Crippen molar-refractivity contribution in [1.29, 1.82) is 0 Å². The number of carbonyl (C=O) groups is 1. The molecule has 5 nitrogen and oxygen atoms in total. The lowest BCUT2D eigenvalue weighted by molar-refractivity contribution is 0.0696. The van der Waals surface area contributed by atoms with E-state index in [9.17, 15) is 4.79 Å². The van der Waals surface area contributed by atoms with Crippen LogP contribution in [0, 0.1) is 0 Å². The molecule has 3 aromatic rings. The Bertz CT molecular complexity index is 835. The summed E-state index contributed by atoms with van der Waals surface area (Å²) in [4.78, 5) is 23.0. The monoisotopic (exact) mass is 279 g/mol. The standard InChI is InChI=1S/C16H13N3O2/c20-14(21)10-8-12-13(17-9-10)19-15(18-12)16(6-7-16)11-4-2-1-3-5-11/h1-5,8-9H,6-7H2,(H,20,21)(H,17,18,19). The summed E-state index contributed by atoms with van der Waals surface area (Å²) in [5.74, 6) is -0.108. The molecule has 0 bridgehead atoms. The van der Waals surface area contributed by atoms with E-state index in [4.69, 9.17) is 5.11 Å². The van der Waals surface area contributed by atoms with Crippen LogP contribution in [0.25, 0.3) is 11.2 Å². The lowest BCUT2D eigenvalue weighted by Gasteiger charge is -2.12. The van der Waals surface area contributed by atoms with Gasteiger partial charge in [0.25, 0.3) is 0 Å². The number of imidazole rings is 1. The van der Waals surface area contributed by atoms with Gasteiger partial charge in [-0.25, -0.2) is 14.8 Å². The number of pyridine rings is 1. The summed E-state index contributed by atoms with van der Waals surface area (Å²) >= 11 is 0. The Morgan fingerprint density at radius 2 is 2.00 bits per heavy atom. The van der Waals surface area contributed by atoms with Gasteiger partial charge in [0.15, 0.2) is 5.65 Å². The third-order valence-electron chi connectivity index (χ3n) is 4.11. The van der Waals surface area contributed by atoms with E-state index in [2.05, 4.69) is 27.1 Å². The second kappa shape index (κ2) is 4.15. The van der Waals surface area contributed by atoms with Gasteiger partial charge in [-0.1, -0.05) is 30.3 Å². The normalized spacial score (nSPS) is 16.0. The average Bonchev–Trinajstić information content (AvgIpc) is 3.21. The van der Waals surface area contributed by atoms with E-state index in [-0.39, 0.29) is 11.0 Å². The number of fused-ring (bicyclic) bond motifs is 1. The molecule has 0 atom stereocenters. The van der Waals surface area contributed by atoms with Gasteiger partial charge >= 0.3 is 5.97 Å². The Labute approximate surface area is 120 Å². The molecule has 1 aliphatic rings. The molecule has 2 heterocycles. The fourth-order valence-electron chi connectivity index (χ4n) is 2.79. The maximum atomic E-state index is 11.0. The van der Waals surface area contributed by atoms with Crippen molar-refractivity contribution < 1.29 is 9.90 Å². The number of carboxylic acid groups (broad SMARTS) is 1. The molecule has 1 aromatic carbocycles. The van der Waals surface area contributed by atoms with Crippen molar-refractivity contribution in [2.75, 3.05) is 0 Å². The van der Waals surface area contributed by atoms with Gasteiger partial charge in [0, 0.05) is 6.20 Å². The Balaban J connectivity index is 1.83. The van der Waals surface area contributed by atoms with Crippen molar-refractivity contribution in [2.24, 2.45) is 0 Å². The number of rotatable bonds is 3. The molecule has 2 aromatic heterocycles. The van der Waals surface area contributed by atoms with E-state index in [0.717, 1.165) is 18.7 Å². The molecule has 0 amide bonds. The van der Waals surface area contributed by atoms with E-state index < -0.39 is 5.97 Å². The van der Waals surface area contributed by atoms with E-state index >= 15 is 0 Å². The number of aromatic nitrogens is 3. The zero-order chi connectivity index (χ0) is 14.4. The Kier molecular flexibility index (Phi) is 2.39. The van der Waals surface area contributed by atoms with Crippen molar-refractivity contribution in [3.05, 3.63) is 59.5 Å². The quantitative estimate of drug-likeness (QED) is 0.772. The van der Waals surface area contributed by atoms with Gasteiger partial charge in [-0.05, 0) is 24.5 Å². The molecule has 0 unspecified atom stereocenters. The van der Waals surface area contributed by atoms with Gasteiger partial charge in [0.1, 0.15) is 5.82 Å². The summed E-state index contributed by atoms with van der Waals surface area (Å²) in [6.07, 6.45) is 3.43. The number of benzene rings is 1. The van der Waals surface area contributed by atoms with Crippen molar-refractivity contribution >= 4 is 17.1 Å². The maximum absolute atomic E-state index is 11.0. The van der Waals surface area contributed by atoms with E-state index in [0.29, 0.717) is 11.2 Å². The molecule has 104 valence electrons. The smallest absolute Gasteiger partial charge is 0.337 e. The largest absolute Gasteiger partial charge is 0.478 e. The van der Waals surface area contributed by atoms with E-state index in [1.807, 2.05) is 18.2 Å². The van der Waals surface area contributed by atoms with Crippen LogP contribution < -0.4 is 0 Å². The number of nitrogens with zero attached hydrogens (tertiary/aromatic N) is 2. The summed E-state index contributed by atoms with van der Waals surface area (Å²) in [7, 11) is 0. The molecule has 4 rings (SSSR count). The van der Waals surface area contributed by atoms with Crippen LogP contribution in [0.2, 0.25) is 0 Å². The van der Waals surface area contributed by atoms with Crippen molar-refractivity contribution in [3.63, 3.8) is 0 Å². The average molecular weight is 279 g/mol. The maximum Gasteiger partial charge on any atom is 0.337 e. The van der Waals surface area contributed by atoms with Gasteiger partial charge in [-0.2, -0.15) is 0 Å². The molecule has 0 radical (unpaired) electrons. The molecular weight excluding hydrogens is 266 g/mol. The van der Waals surface area contributed by atoms with Crippen LogP contribution in [-0.4, -0.2) is 26.0 Å². The summed E-state index contributed by atoms with van der Waals surface area (Å²) in [6, 6.07) is 11.9. The first-order valence-electron chi connectivity index (χ1n) is 6.84. The summed E-state index contributed by atoms with van der Waals surface area (Å²) < 4.78 is 0. The Morgan fingerprint density at radius 3 is 2.67 bits per heavy atom. The number of hydrogen-bond acceptors (Lipinski definition) is 3. The fraction of sp³-hybridized carbons (Fsp3) is 0.188. The van der Waals surface area contributed by atoms with E-state index in [1.54, 1.807) is 6.07 Å². The second-order valence-electron chi connectivity index (χ2n) is 5.43. The van der Waals surface area contributed by atoms with Crippen LogP contribution >= 0.6 is 0 Å². The molecule has 0 spiro atoms. The van der Waals surface area contributed by atoms with Crippen LogP contribution in [0.5, 0.6) is 0 Å². The lowest BCUT2D eigenvalue weighted by Crippen LogP contribution is -2.10. The minimum atomic E-state index is -0.982. The van der Waals surface area contributed by atoms with Gasteiger partial charge < -0.3 is 10.1 Å². The number of carboxylic acids is 1. The van der Waals surface area contributed by atoms with Gasteiger partial charge in [0.05, 0.1) is 16.5 Å². The van der Waals surface area contributed by atoms with Crippen LogP contribution in [-0.2, 0) is 5.41 Å². The van der Waals surface area contributed by atoms with E-state index in [1.165, 1.54) is 11.8 Å². The Hall–Kier alpha value is -2.69. The number of hydrogen-bond donors (Lipinski definition) is 2. The fourth-order valence-corrected chi connectivity index (χ4v) is 2.79. The molecule has 0 saturated heterocycles.